The Hall–Kier alpha value is -1.05. The van der Waals surface area contributed by atoms with E-state index in [0.717, 1.165) is 19.4 Å². The number of aliphatic hydroxyl groups excluding tert-OH is 1. The summed E-state index contributed by atoms with van der Waals surface area (Å²) in [5, 5.41) is 11.8. The molecule has 98 valence electrons. The van der Waals surface area contributed by atoms with Crippen LogP contribution in [0.15, 0.2) is 0 Å². The zero-order chi connectivity index (χ0) is 13.3. The summed E-state index contributed by atoms with van der Waals surface area (Å²) in [7, 11) is 0. The molecule has 4 nitrogen and oxygen atoms in total. The van der Waals surface area contributed by atoms with Gasteiger partial charge in [0.15, 0.2) is 0 Å². The third kappa shape index (κ3) is 5.20. The van der Waals surface area contributed by atoms with E-state index < -0.39 is 5.54 Å². The van der Waals surface area contributed by atoms with Crippen LogP contribution < -0.4 is 5.32 Å². The molecule has 0 aromatic carbocycles. The molecule has 2 N–H and O–H groups in total. The van der Waals surface area contributed by atoms with Crippen molar-refractivity contribution in [3.63, 3.8) is 0 Å². The first-order chi connectivity index (χ1) is 8.07. The van der Waals surface area contributed by atoms with E-state index in [2.05, 4.69) is 11.2 Å². The van der Waals surface area contributed by atoms with Crippen molar-refractivity contribution < 1.29 is 9.90 Å². The van der Waals surface area contributed by atoms with Gasteiger partial charge in [-0.25, -0.2) is 0 Å². The van der Waals surface area contributed by atoms with Gasteiger partial charge in [0.25, 0.3) is 0 Å². The lowest BCUT2D eigenvalue weighted by Gasteiger charge is -2.28. The van der Waals surface area contributed by atoms with Crippen LogP contribution in [0.3, 0.4) is 0 Å². The summed E-state index contributed by atoms with van der Waals surface area (Å²) in [6.07, 6.45) is 6.92. The predicted octanol–water partition coefficient (Wildman–Crippen LogP) is 0.609. The largest absolute Gasteiger partial charge is 0.395 e. The van der Waals surface area contributed by atoms with Gasteiger partial charge in [-0.15, -0.1) is 6.42 Å². The minimum absolute atomic E-state index is 0.0585. The third-order valence-electron chi connectivity index (χ3n) is 3.09. The SMILES string of the molecule is C#CC(CC)(CC)NC(=O)CN(CC)CCO. The van der Waals surface area contributed by atoms with Crippen LogP contribution in [-0.2, 0) is 4.79 Å². The standard InChI is InChI=1S/C13H24N2O2/c1-5-13(6-2,7-3)14-12(17)11-15(8-4)9-10-16/h1,16H,6-11H2,2-4H3,(H,14,17). The number of rotatable bonds is 8. The molecule has 1 amide bonds. The van der Waals surface area contributed by atoms with Gasteiger partial charge < -0.3 is 10.4 Å². The van der Waals surface area contributed by atoms with E-state index in [1.54, 1.807) is 0 Å². The normalized spacial score (nSPS) is 11.3. The van der Waals surface area contributed by atoms with E-state index in [1.165, 1.54) is 0 Å². The minimum Gasteiger partial charge on any atom is -0.395 e. The summed E-state index contributed by atoms with van der Waals surface area (Å²) in [6.45, 7) is 7.46. The predicted molar refractivity (Wildman–Crippen MR) is 69.5 cm³/mol. The average Bonchev–Trinajstić information content (AvgIpc) is 2.35. The molecule has 0 bridgehead atoms. The smallest absolute Gasteiger partial charge is 0.235 e. The first kappa shape index (κ1) is 16.0. The third-order valence-corrected chi connectivity index (χ3v) is 3.09. The molecule has 0 aromatic rings. The highest BCUT2D eigenvalue weighted by atomic mass is 16.3. The Morgan fingerprint density at radius 2 is 2.00 bits per heavy atom. The van der Waals surface area contributed by atoms with Gasteiger partial charge in [0, 0.05) is 6.54 Å². The van der Waals surface area contributed by atoms with Crippen molar-refractivity contribution in [2.45, 2.75) is 39.2 Å². The number of hydrogen-bond acceptors (Lipinski definition) is 3. The van der Waals surface area contributed by atoms with Crippen LogP contribution in [0, 0.1) is 12.3 Å². The van der Waals surface area contributed by atoms with Gasteiger partial charge in [0.05, 0.1) is 13.2 Å². The summed E-state index contributed by atoms with van der Waals surface area (Å²) >= 11 is 0. The lowest BCUT2D eigenvalue weighted by Crippen LogP contribution is -2.50. The quantitative estimate of drug-likeness (QED) is 0.611. The zero-order valence-corrected chi connectivity index (χ0v) is 11.1. The van der Waals surface area contributed by atoms with Crippen molar-refractivity contribution in [1.82, 2.24) is 10.2 Å². The molecular weight excluding hydrogens is 216 g/mol. The second-order valence-corrected chi connectivity index (χ2v) is 4.07. The van der Waals surface area contributed by atoms with Crippen LogP contribution in [0.4, 0.5) is 0 Å². The first-order valence-corrected chi connectivity index (χ1v) is 6.19. The zero-order valence-electron chi connectivity index (χ0n) is 11.1. The summed E-state index contributed by atoms with van der Waals surface area (Å²) < 4.78 is 0. The van der Waals surface area contributed by atoms with Gasteiger partial charge in [-0.2, -0.15) is 0 Å². The Labute approximate surface area is 104 Å². The van der Waals surface area contributed by atoms with E-state index in [1.807, 2.05) is 25.7 Å². The highest BCUT2D eigenvalue weighted by Crippen LogP contribution is 2.13. The van der Waals surface area contributed by atoms with E-state index in [-0.39, 0.29) is 19.1 Å². The molecule has 0 radical (unpaired) electrons. The topological polar surface area (TPSA) is 52.6 Å². The molecular formula is C13H24N2O2. The average molecular weight is 240 g/mol. The number of hydrogen-bond donors (Lipinski definition) is 2. The van der Waals surface area contributed by atoms with Crippen LogP contribution in [0.25, 0.3) is 0 Å². The molecule has 0 fully saturated rings. The molecule has 0 saturated carbocycles. The molecule has 0 aliphatic rings. The second-order valence-electron chi connectivity index (χ2n) is 4.07. The van der Waals surface area contributed by atoms with Crippen LogP contribution in [-0.4, -0.2) is 47.7 Å². The molecule has 17 heavy (non-hydrogen) atoms. The number of carbonyl (C=O) groups excluding carboxylic acids is 1. The summed E-state index contributed by atoms with van der Waals surface area (Å²) in [5.41, 5.74) is -0.532. The van der Waals surface area contributed by atoms with E-state index in [0.29, 0.717) is 6.54 Å². The Morgan fingerprint density at radius 1 is 1.41 bits per heavy atom. The van der Waals surface area contributed by atoms with Gasteiger partial charge >= 0.3 is 0 Å². The molecule has 0 aromatic heterocycles. The van der Waals surface area contributed by atoms with Crippen LogP contribution >= 0.6 is 0 Å². The van der Waals surface area contributed by atoms with Gasteiger partial charge in [0.1, 0.15) is 5.54 Å². The summed E-state index contributed by atoms with van der Waals surface area (Å²) in [5.74, 6) is 2.59. The fourth-order valence-electron chi connectivity index (χ4n) is 1.67. The van der Waals surface area contributed by atoms with E-state index in [9.17, 15) is 4.79 Å². The van der Waals surface area contributed by atoms with Gasteiger partial charge in [-0.1, -0.05) is 26.7 Å². The maximum atomic E-state index is 11.8. The molecule has 0 saturated heterocycles. The van der Waals surface area contributed by atoms with Crippen molar-refractivity contribution in [2.24, 2.45) is 0 Å². The minimum atomic E-state index is -0.532. The van der Waals surface area contributed by atoms with Crippen molar-refractivity contribution >= 4 is 5.91 Å². The fraction of sp³-hybridized carbons (Fsp3) is 0.769. The Balaban J connectivity index is 4.38. The number of aliphatic hydroxyl groups is 1. The second kappa shape index (κ2) is 8.10. The number of terminal acetylenes is 1. The van der Waals surface area contributed by atoms with Crippen LogP contribution in [0.5, 0.6) is 0 Å². The molecule has 0 aliphatic heterocycles. The Kier molecular flexibility index (Phi) is 7.60. The molecule has 4 heteroatoms. The van der Waals surface area contributed by atoms with Gasteiger partial charge in [-0.05, 0) is 19.4 Å². The molecule has 0 atom stereocenters. The summed E-state index contributed by atoms with van der Waals surface area (Å²) in [6, 6.07) is 0. The number of nitrogens with one attached hydrogen (secondary N) is 1. The summed E-state index contributed by atoms with van der Waals surface area (Å²) in [4.78, 5) is 13.7. The molecule has 0 heterocycles. The molecule has 0 aliphatic carbocycles. The van der Waals surface area contributed by atoms with Crippen molar-refractivity contribution in [3.05, 3.63) is 0 Å². The highest BCUT2D eigenvalue weighted by molar-refractivity contribution is 5.79. The van der Waals surface area contributed by atoms with E-state index >= 15 is 0 Å². The Bertz CT molecular complexity index is 267. The molecule has 0 rings (SSSR count). The van der Waals surface area contributed by atoms with Crippen molar-refractivity contribution in [1.29, 1.82) is 0 Å². The lowest BCUT2D eigenvalue weighted by molar-refractivity contribution is -0.123. The lowest BCUT2D eigenvalue weighted by atomic mass is 9.94. The van der Waals surface area contributed by atoms with Gasteiger partial charge in [-0.3, -0.25) is 9.69 Å². The number of carbonyl (C=O) groups is 1. The first-order valence-electron chi connectivity index (χ1n) is 6.19. The Morgan fingerprint density at radius 3 is 2.35 bits per heavy atom. The monoisotopic (exact) mass is 240 g/mol. The number of likely N-dealkylation sites (N-methyl/N-ethyl adjacent to an activating group) is 1. The molecule has 0 spiro atoms. The number of amides is 1. The highest BCUT2D eigenvalue weighted by Gasteiger charge is 2.25. The van der Waals surface area contributed by atoms with E-state index in [4.69, 9.17) is 11.5 Å². The van der Waals surface area contributed by atoms with Crippen LogP contribution in [0.2, 0.25) is 0 Å². The van der Waals surface area contributed by atoms with Gasteiger partial charge in [0.2, 0.25) is 5.91 Å². The van der Waals surface area contributed by atoms with Crippen molar-refractivity contribution in [2.75, 3.05) is 26.2 Å². The fourth-order valence-corrected chi connectivity index (χ4v) is 1.67. The maximum absolute atomic E-state index is 11.8. The van der Waals surface area contributed by atoms with Crippen molar-refractivity contribution in [3.8, 4) is 12.3 Å². The maximum Gasteiger partial charge on any atom is 0.235 e. The number of nitrogens with zero attached hydrogens (tertiary/aromatic N) is 1. The van der Waals surface area contributed by atoms with Crippen LogP contribution in [0.1, 0.15) is 33.6 Å². The molecule has 0 unspecified atom stereocenters.